The molecule has 5 nitrogen and oxygen atoms in total. The smallest absolute Gasteiger partial charge is 0.279 e. The Hall–Kier alpha value is -2.80. The van der Waals surface area contributed by atoms with E-state index >= 15 is 0 Å². The third-order valence-corrected chi connectivity index (χ3v) is 5.06. The van der Waals surface area contributed by atoms with Gasteiger partial charge in [-0.15, -0.1) is 0 Å². The Bertz CT molecular complexity index is 1030. The van der Waals surface area contributed by atoms with Gasteiger partial charge < -0.3 is 10.1 Å². The number of benzene rings is 3. The number of hydrazine groups is 1. The van der Waals surface area contributed by atoms with Crippen LogP contribution in [0.5, 0.6) is 5.75 Å². The minimum absolute atomic E-state index is 0.196. The number of carbonyl (C=O) groups is 1. The van der Waals surface area contributed by atoms with Gasteiger partial charge in [-0.3, -0.25) is 15.6 Å². The van der Waals surface area contributed by atoms with Gasteiger partial charge in [0.2, 0.25) is 0 Å². The minimum Gasteiger partial charge on any atom is -0.481 e. The summed E-state index contributed by atoms with van der Waals surface area (Å²) < 4.78 is 5.70. The number of hydrogen-bond donors (Lipinski definition) is 3. The number of thiocarbonyl (C=S) groups is 1. The molecular weight excluding hydrogens is 441 g/mol. The van der Waals surface area contributed by atoms with Gasteiger partial charge in [0.25, 0.3) is 5.91 Å². The lowest BCUT2D eigenvalue weighted by Gasteiger charge is -2.17. The van der Waals surface area contributed by atoms with E-state index in [1.165, 1.54) is 0 Å². The van der Waals surface area contributed by atoms with E-state index in [4.69, 9.17) is 40.2 Å². The first-order chi connectivity index (χ1) is 14.4. The van der Waals surface area contributed by atoms with Crippen molar-refractivity contribution in [2.24, 2.45) is 0 Å². The molecule has 0 spiro atoms. The van der Waals surface area contributed by atoms with Gasteiger partial charge in [0.1, 0.15) is 5.75 Å². The van der Waals surface area contributed by atoms with Crippen LogP contribution in [0.4, 0.5) is 5.69 Å². The molecule has 0 radical (unpaired) electrons. The summed E-state index contributed by atoms with van der Waals surface area (Å²) >= 11 is 17.0. The zero-order valence-corrected chi connectivity index (χ0v) is 18.3. The van der Waals surface area contributed by atoms with Crippen LogP contribution in [-0.2, 0) is 4.79 Å². The SMILES string of the molecule is C[C@@H](Oc1ccc(-c2ccccc2)cc1)C(=O)NNC(=S)Nc1ccc(Cl)c(Cl)c1. The highest BCUT2D eigenvalue weighted by atomic mass is 35.5. The van der Waals surface area contributed by atoms with Crippen molar-refractivity contribution < 1.29 is 9.53 Å². The fraction of sp³-hybridized carbons (Fsp3) is 0.0909. The number of hydrogen-bond acceptors (Lipinski definition) is 3. The lowest BCUT2D eigenvalue weighted by molar-refractivity contribution is -0.127. The second-order valence-electron chi connectivity index (χ2n) is 6.35. The van der Waals surface area contributed by atoms with Crippen LogP contribution in [0.2, 0.25) is 10.0 Å². The number of rotatable bonds is 5. The van der Waals surface area contributed by atoms with Gasteiger partial charge in [0.05, 0.1) is 10.0 Å². The molecule has 0 aromatic heterocycles. The maximum Gasteiger partial charge on any atom is 0.279 e. The van der Waals surface area contributed by atoms with Crippen LogP contribution >= 0.6 is 35.4 Å². The summed E-state index contributed by atoms with van der Waals surface area (Å²) in [5.74, 6) is 0.217. The number of ether oxygens (including phenoxy) is 1. The Morgan fingerprint density at radius 3 is 2.23 bits per heavy atom. The monoisotopic (exact) mass is 459 g/mol. The van der Waals surface area contributed by atoms with Crippen LogP contribution in [0.15, 0.2) is 72.8 Å². The summed E-state index contributed by atoms with van der Waals surface area (Å²) in [5, 5.41) is 3.93. The molecule has 0 bridgehead atoms. The Morgan fingerprint density at radius 2 is 1.57 bits per heavy atom. The van der Waals surface area contributed by atoms with Crippen molar-refractivity contribution in [2.75, 3.05) is 5.32 Å². The average molecular weight is 460 g/mol. The summed E-state index contributed by atoms with van der Waals surface area (Å²) in [6, 6.07) is 22.6. The molecule has 1 atom stereocenters. The Kier molecular flexibility index (Phi) is 7.52. The Labute approximate surface area is 190 Å². The highest BCUT2D eigenvalue weighted by Gasteiger charge is 2.15. The van der Waals surface area contributed by atoms with E-state index in [0.717, 1.165) is 11.1 Å². The molecule has 0 unspecified atom stereocenters. The molecule has 0 saturated carbocycles. The highest BCUT2D eigenvalue weighted by molar-refractivity contribution is 7.80. The van der Waals surface area contributed by atoms with Crippen molar-refractivity contribution >= 4 is 52.1 Å². The van der Waals surface area contributed by atoms with Crippen LogP contribution in [0, 0.1) is 0 Å². The summed E-state index contributed by atoms with van der Waals surface area (Å²) in [5.41, 5.74) is 7.96. The quantitative estimate of drug-likeness (QED) is 0.349. The van der Waals surface area contributed by atoms with E-state index in [0.29, 0.717) is 21.5 Å². The maximum atomic E-state index is 12.3. The van der Waals surface area contributed by atoms with Crippen LogP contribution < -0.4 is 20.9 Å². The number of anilines is 1. The molecule has 0 aliphatic heterocycles. The van der Waals surface area contributed by atoms with Gasteiger partial charge >= 0.3 is 0 Å². The zero-order valence-electron chi connectivity index (χ0n) is 16.0. The van der Waals surface area contributed by atoms with Crippen molar-refractivity contribution in [3.05, 3.63) is 82.8 Å². The van der Waals surface area contributed by atoms with Gasteiger partial charge in [0, 0.05) is 5.69 Å². The molecule has 3 rings (SSSR count). The van der Waals surface area contributed by atoms with Crippen molar-refractivity contribution in [1.29, 1.82) is 0 Å². The van der Waals surface area contributed by atoms with Gasteiger partial charge in [-0.1, -0.05) is 65.7 Å². The fourth-order valence-electron chi connectivity index (χ4n) is 2.57. The van der Waals surface area contributed by atoms with Crippen molar-refractivity contribution in [2.45, 2.75) is 13.0 Å². The molecule has 3 aromatic rings. The van der Waals surface area contributed by atoms with Gasteiger partial charge in [-0.25, -0.2) is 0 Å². The van der Waals surface area contributed by atoms with Crippen molar-refractivity contribution in [1.82, 2.24) is 10.9 Å². The number of carbonyl (C=O) groups excluding carboxylic acids is 1. The van der Waals surface area contributed by atoms with Crippen molar-refractivity contribution in [3.63, 3.8) is 0 Å². The third-order valence-electron chi connectivity index (χ3n) is 4.12. The van der Waals surface area contributed by atoms with E-state index in [2.05, 4.69) is 16.2 Å². The van der Waals surface area contributed by atoms with E-state index < -0.39 is 6.10 Å². The normalized spacial score (nSPS) is 11.3. The fourth-order valence-corrected chi connectivity index (χ4v) is 3.04. The standard InChI is InChI=1S/C22H19Cl2N3O2S/c1-14(29-18-10-7-16(8-11-18)15-5-3-2-4-6-15)21(28)26-27-22(30)25-17-9-12-19(23)20(24)13-17/h2-14H,1H3,(H,26,28)(H2,25,27,30)/t14-/m1/s1. The molecule has 1 amide bonds. The molecular formula is C22H19Cl2N3O2S. The van der Waals surface area contributed by atoms with Crippen molar-refractivity contribution in [3.8, 4) is 16.9 Å². The first-order valence-electron chi connectivity index (χ1n) is 9.06. The second kappa shape index (κ2) is 10.3. The van der Waals surface area contributed by atoms with E-state index in [1.54, 1.807) is 25.1 Å². The lowest BCUT2D eigenvalue weighted by Crippen LogP contribution is -2.48. The first-order valence-corrected chi connectivity index (χ1v) is 10.2. The lowest BCUT2D eigenvalue weighted by atomic mass is 10.1. The molecule has 0 aliphatic carbocycles. The third kappa shape index (κ3) is 6.10. The first kappa shape index (κ1) is 21.9. The largest absolute Gasteiger partial charge is 0.481 e. The molecule has 8 heteroatoms. The van der Waals surface area contributed by atoms with Gasteiger partial charge in [-0.05, 0) is 60.6 Å². The summed E-state index contributed by atoms with van der Waals surface area (Å²) in [6.07, 6.45) is -0.729. The Morgan fingerprint density at radius 1 is 0.900 bits per heavy atom. The summed E-state index contributed by atoms with van der Waals surface area (Å²) in [6.45, 7) is 1.65. The predicted molar refractivity (Wildman–Crippen MR) is 126 cm³/mol. The second-order valence-corrected chi connectivity index (χ2v) is 7.57. The Balaban J connectivity index is 1.48. The number of nitrogens with one attached hydrogen (secondary N) is 3. The predicted octanol–water partition coefficient (Wildman–Crippen LogP) is 5.45. The molecule has 0 fully saturated rings. The van der Waals surface area contributed by atoms with E-state index in [-0.39, 0.29) is 11.0 Å². The molecule has 30 heavy (non-hydrogen) atoms. The molecule has 154 valence electrons. The number of amides is 1. The van der Waals surface area contributed by atoms with E-state index in [1.807, 2.05) is 54.6 Å². The maximum absolute atomic E-state index is 12.3. The highest BCUT2D eigenvalue weighted by Crippen LogP contribution is 2.25. The molecule has 3 aromatic carbocycles. The minimum atomic E-state index is -0.729. The molecule has 0 saturated heterocycles. The average Bonchev–Trinajstić information content (AvgIpc) is 2.75. The van der Waals surface area contributed by atoms with Gasteiger partial charge in [0.15, 0.2) is 11.2 Å². The topological polar surface area (TPSA) is 62.4 Å². The van der Waals surface area contributed by atoms with Crippen LogP contribution in [-0.4, -0.2) is 17.1 Å². The summed E-state index contributed by atoms with van der Waals surface area (Å²) in [4.78, 5) is 12.3. The van der Waals surface area contributed by atoms with Crippen LogP contribution in [0.1, 0.15) is 6.92 Å². The zero-order chi connectivity index (χ0) is 21.5. The van der Waals surface area contributed by atoms with Crippen LogP contribution in [0.25, 0.3) is 11.1 Å². The molecule has 0 heterocycles. The molecule has 0 aliphatic rings. The molecule has 3 N–H and O–H groups in total. The van der Waals surface area contributed by atoms with Gasteiger partial charge in [-0.2, -0.15) is 0 Å². The number of halogens is 2. The van der Waals surface area contributed by atoms with Crippen LogP contribution in [0.3, 0.4) is 0 Å². The summed E-state index contributed by atoms with van der Waals surface area (Å²) in [7, 11) is 0. The van der Waals surface area contributed by atoms with E-state index in [9.17, 15) is 4.79 Å².